The number of nitrogens with zero attached hydrogens (tertiary/aromatic N) is 1. The van der Waals surface area contributed by atoms with E-state index < -0.39 is 0 Å². The summed E-state index contributed by atoms with van der Waals surface area (Å²) in [6, 6.07) is 20.0. The highest BCUT2D eigenvalue weighted by Crippen LogP contribution is 2.36. The molecule has 27 heavy (non-hydrogen) atoms. The maximum absolute atomic E-state index is 13.2. The summed E-state index contributed by atoms with van der Waals surface area (Å²) in [5, 5.41) is 5.01. The molecule has 0 spiro atoms. The lowest BCUT2D eigenvalue weighted by Crippen LogP contribution is -2.32. The number of ether oxygens (including phenoxy) is 1. The van der Waals surface area contributed by atoms with Crippen molar-refractivity contribution >= 4 is 40.1 Å². The molecule has 2 heterocycles. The first kappa shape index (κ1) is 17.1. The molecule has 6 heteroatoms. The number of carbonyl (C=O) groups excluding carboxylic acids is 2. The van der Waals surface area contributed by atoms with Crippen molar-refractivity contribution < 1.29 is 14.3 Å². The highest BCUT2D eigenvalue weighted by molar-refractivity contribution is 7.11. The minimum absolute atomic E-state index is 0.275. The molecular formula is C21H16N2O3S. The summed E-state index contributed by atoms with van der Waals surface area (Å²) in [4.78, 5) is 28.3. The summed E-state index contributed by atoms with van der Waals surface area (Å²) in [6.07, 6.45) is 0. The van der Waals surface area contributed by atoms with Gasteiger partial charge in [0.2, 0.25) is 0 Å². The van der Waals surface area contributed by atoms with E-state index in [1.807, 2.05) is 47.8 Å². The predicted molar refractivity (Wildman–Crippen MR) is 107 cm³/mol. The molecule has 3 aromatic rings. The lowest BCUT2D eigenvalue weighted by molar-refractivity contribution is -0.120. The van der Waals surface area contributed by atoms with Crippen molar-refractivity contribution in [2.24, 2.45) is 0 Å². The van der Waals surface area contributed by atoms with Crippen LogP contribution in [0.1, 0.15) is 4.88 Å². The van der Waals surface area contributed by atoms with Crippen LogP contribution in [0.2, 0.25) is 0 Å². The van der Waals surface area contributed by atoms with Crippen molar-refractivity contribution in [3.05, 3.63) is 82.7 Å². The molecule has 0 aliphatic carbocycles. The van der Waals surface area contributed by atoms with E-state index in [1.54, 1.807) is 31.4 Å². The van der Waals surface area contributed by atoms with Crippen LogP contribution >= 0.6 is 11.3 Å². The number of benzene rings is 2. The topological polar surface area (TPSA) is 58.6 Å². The number of para-hydroxylation sites is 1. The van der Waals surface area contributed by atoms with Crippen LogP contribution in [0.25, 0.3) is 5.57 Å². The molecule has 4 rings (SSSR count). The molecule has 0 fully saturated rings. The van der Waals surface area contributed by atoms with Crippen molar-refractivity contribution in [3.8, 4) is 5.75 Å². The first-order chi connectivity index (χ1) is 13.2. The van der Waals surface area contributed by atoms with Crippen LogP contribution in [-0.4, -0.2) is 18.9 Å². The largest absolute Gasteiger partial charge is 0.497 e. The molecule has 5 nitrogen and oxygen atoms in total. The van der Waals surface area contributed by atoms with Crippen LogP contribution in [0.4, 0.5) is 11.4 Å². The summed E-state index contributed by atoms with van der Waals surface area (Å²) in [7, 11) is 1.55. The van der Waals surface area contributed by atoms with E-state index in [4.69, 9.17) is 4.74 Å². The summed E-state index contributed by atoms with van der Waals surface area (Å²) < 4.78 is 5.23. The van der Waals surface area contributed by atoms with Gasteiger partial charge in [-0.15, -0.1) is 11.3 Å². The van der Waals surface area contributed by atoms with Crippen LogP contribution in [-0.2, 0) is 9.59 Å². The van der Waals surface area contributed by atoms with Gasteiger partial charge in [-0.3, -0.25) is 9.59 Å². The number of thiophene rings is 1. The molecule has 2 aromatic carbocycles. The Bertz CT molecular complexity index is 1030. The number of imide groups is 1. The molecule has 0 unspecified atom stereocenters. The number of hydrogen-bond donors (Lipinski definition) is 1. The van der Waals surface area contributed by atoms with Crippen LogP contribution in [0.15, 0.2) is 77.8 Å². The van der Waals surface area contributed by atoms with Gasteiger partial charge in [0.15, 0.2) is 0 Å². The van der Waals surface area contributed by atoms with E-state index >= 15 is 0 Å². The van der Waals surface area contributed by atoms with Gasteiger partial charge in [0.05, 0.1) is 18.4 Å². The zero-order valence-corrected chi connectivity index (χ0v) is 15.3. The summed E-state index contributed by atoms with van der Waals surface area (Å²) >= 11 is 1.42. The second kappa shape index (κ2) is 7.09. The van der Waals surface area contributed by atoms with Crippen molar-refractivity contribution in [3.63, 3.8) is 0 Å². The summed E-state index contributed by atoms with van der Waals surface area (Å²) in [6.45, 7) is 0. The van der Waals surface area contributed by atoms with Gasteiger partial charge in [-0.05, 0) is 35.7 Å². The first-order valence-corrected chi connectivity index (χ1v) is 9.20. The van der Waals surface area contributed by atoms with E-state index in [2.05, 4.69) is 5.32 Å². The summed E-state index contributed by atoms with van der Waals surface area (Å²) in [5.74, 6) is -0.162. The van der Waals surface area contributed by atoms with Crippen molar-refractivity contribution in [2.45, 2.75) is 0 Å². The summed E-state index contributed by atoms with van der Waals surface area (Å²) in [5.41, 5.74) is 1.87. The fourth-order valence-corrected chi connectivity index (χ4v) is 3.71. The van der Waals surface area contributed by atoms with Gasteiger partial charge < -0.3 is 10.1 Å². The SMILES string of the molecule is COc1cccc(N2C(=O)C(Nc3ccccc3)=C(c3cccs3)C2=O)c1. The van der Waals surface area contributed by atoms with Gasteiger partial charge in [-0.25, -0.2) is 4.90 Å². The van der Waals surface area contributed by atoms with Gasteiger partial charge >= 0.3 is 0 Å². The Labute approximate surface area is 160 Å². The van der Waals surface area contributed by atoms with Crippen molar-refractivity contribution in [2.75, 3.05) is 17.3 Å². The average molecular weight is 376 g/mol. The Morgan fingerprint density at radius 3 is 2.44 bits per heavy atom. The number of anilines is 2. The molecule has 0 radical (unpaired) electrons. The molecule has 0 saturated carbocycles. The van der Waals surface area contributed by atoms with Gasteiger partial charge in [0, 0.05) is 16.6 Å². The monoisotopic (exact) mass is 376 g/mol. The number of carbonyl (C=O) groups is 2. The van der Waals surface area contributed by atoms with Crippen molar-refractivity contribution in [1.82, 2.24) is 0 Å². The Hall–Kier alpha value is -3.38. The number of nitrogens with one attached hydrogen (secondary N) is 1. The lowest BCUT2D eigenvalue weighted by Gasteiger charge is -2.16. The number of amides is 2. The third kappa shape index (κ3) is 3.11. The quantitative estimate of drug-likeness (QED) is 0.680. The van der Waals surface area contributed by atoms with Gasteiger partial charge in [-0.2, -0.15) is 0 Å². The molecule has 1 aliphatic rings. The molecule has 0 saturated heterocycles. The molecular weight excluding hydrogens is 360 g/mol. The van der Waals surface area contributed by atoms with Crippen LogP contribution in [0, 0.1) is 0 Å². The minimum atomic E-state index is -0.388. The van der Waals surface area contributed by atoms with Crippen LogP contribution < -0.4 is 15.0 Å². The molecule has 0 bridgehead atoms. The van der Waals surface area contributed by atoms with Crippen LogP contribution in [0.3, 0.4) is 0 Å². The number of hydrogen-bond acceptors (Lipinski definition) is 5. The van der Waals surface area contributed by atoms with Gasteiger partial charge in [0.1, 0.15) is 11.4 Å². The van der Waals surface area contributed by atoms with E-state index in [-0.39, 0.29) is 17.5 Å². The zero-order chi connectivity index (χ0) is 18.8. The fraction of sp³-hybridized carbons (Fsp3) is 0.0476. The Morgan fingerprint density at radius 1 is 0.926 bits per heavy atom. The van der Waals surface area contributed by atoms with Gasteiger partial charge in [-0.1, -0.05) is 30.3 Å². The maximum Gasteiger partial charge on any atom is 0.282 e. The molecule has 2 amide bonds. The smallest absolute Gasteiger partial charge is 0.282 e. The normalized spacial score (nSPS) is 14.0. The third-order valence-corrected chi connectivity index (χ3v) is 5.09. The average Bonchev–Trinajstić information content (AvgIpc) is 3.30. The van der Waals surface area contributed by atoms with E-state index in [1.165, 1.54) is 16.2 Å². The number of methoxy groups -OCH3 is 1. The minimum Gasteiger partial charge on any atom is -0.497 e. The van der Waals surface area contributed by atoms with E-state index in [0.717, 1.165) is 10.6 Å². The fourth-order valence-electron chi connectivity index (χ4n) is 2.94. The highest BCUT2D eigenvalue weighted by Gasteiger charge is 2.40. The first-order valence-electron chi connectivity index (χ1n) is 8.32. The van der Waals surface area contributed by atoms with E-state index in [9.17, 15) is 9.59 Å². The standard InChI is InChI=1S/C21H16N2O3S/c1-26-16-10-5-9-15(13-16)23-20(24)18(17-11-6-12-27-17)19(21(23)25)22-14-7-3-2-4-8-14/h2-13,22H,1H3. The second-order valence-electron chi connectivity index (χ2n) is 5.87. The highest BCUT2D eigenvalue weighted by atomic mass is 32.1. The zero-order valence-electron chi connectivity index (χ0n) is 14.5. The van der Waals surface area contributed by atoms with Crippen LogP contribution in [0.5, 0.6) is 5.75 Å². The third-order valence-electron chi connectivity index (χ3n) is 4.21. The maximum atomic E-state index is 13.2. The molecule has 0 atom stereocenters. The lowest BCUT2D eigenvalue weighted by atomic mass is 10.2. The molecule has 1 N–H and O–H groups in total. The number of rotatable bonds is 5. The predicted octanol–water partition coefficient (Wildman–Crippen LogP) is 4.15. The molecule has 1 aromatic heterocycles. The molecule has 1 aliphatic heterocycles. The Kier molecular flexibility index (Phi) is 4.48. The second-order valence-corrected chi connectivity index (χ2v) is 6.81. The molecule has 134 valence electrons. The van der Waals surface area contributed by atoms with Gasteiger partial charge in [0.25, 0.3) is 11.8 Å². The Balaban J connectivity index is 1.79. The Morgan fingerprint density at radius 2 is 1.74 bits per heavy atom. The van der Waals surface area contributed by atoms with Crippen molar-refractivity contribution in [1.29, 1.82) is 0 Å². The van der Waals surface area contributed by atoms with E-state index in [0.29, 0.717) is 17.0 Å².